The average Bonchev–Trinajstić information content (AvgIpc) is 3.14. The number of nitrogens with two attached hydrogens (primary N) is 2. The first-order valence-corrected chi connectivity index (χ1v) is 9.00. The molecule has 0 aliphatic carbocycles. The number of anilines is 4. The van der Waals surface area contributed by atoms with Crippen LogP contribution in [-0.2, 0) is 0 Å². The Morgan fingerprint density at radius 3 is 2.70 bits per heavy atom. The summed E-state index contributed by atoms with van der Waals surface area (Å²) in [5.41, 5.74) is 14.2. The molecule has 5 N–H and O–H groups in total. The van der Waals surface area contributed by atoms with E-state index in [0.717, 1.165) is 30.9 Å². The van der Waals surface area contributed by atoms with Crippen molar-refractivity contribution in [3.8, 4) is 5.75 Å². The molecule has 0 unspecified atom stereocenters. The quantitative estimate of drug-likeness (QED) is 0.620. The Morgan fingerprint density at radius 2 is 2.00 bits per heavy atom. The lowest BCUT2D eigenvalue weighted by atomic mass is 10.2. The van der Waals surface area contributed by atoms with Crippen LogP contribution in [0.25, 0.3) is 0 Å². The molecule has 1 aliphatic rings. The molecule has 27 heavy (non-hydrogen) atoms. The van der Waals surface area contributed by atoms with Gasteiger partial charge in [-0.3, -0.25) is 0 Å². The summed E-state index contributed by atoms with van der Waals surface area (Å²) in [7, 11) is 3.74. The molecule has 0 amide bonds. The number of hydrogen-bond donors (Lipinski definition) is 3. The second-order valence-electron chi connectivity index (χ2n) is 6.23. The van der Waals surface area contributed by atoms with E-state index in [0.29, 0.717) is 18.1 Å². The fraction of sp³-hybridized carbons (Fsp3) is 0.333. The fourth-order valence-electron chi connectivity index (χ4n) is 2.91. The first-order valence-electron chi connectivity index (χ1n) is 8.63. The Kier molecular flexibility index (Phi) is 5.75. The number of nitrogen functional groups attached to an aromatic ring is 2. The number of rotatable bonds is 7. The van der Waals surface area contributed by atoms with Crippen molar-refractivity contribution in [2.45, 2.75) is 6.42 Å². The van der Waals surface area contributed by atoms with E-state index >= 15 is 0 Å². The van der Waals surface area contributed by atoms with Gasteiger partial charge in [-0.2, -0.15) is 9.97 Å². The molecule has 1 aromatic carbocycles. The van der Waals surface area contributed by atoms with Crippen molar-refractivity contribution in [2.24, 2.45) is 0 Å². The van der Waals surface area contributed by atoms with Gasteiger partial charge >= 0.3 is 0 Å². The van der Waals surface area contributed by atoms with Crippen LogP contribution in [0.4, 0.5) is 23.1 Å². The summed E-state index contributed by atoms with van der Waals surface area (Å²) in [6.45, 7) is 2.42. The highest BCUT2D eigenvalue weighted by Crippen LogP contribution is 2.26. The molecular weight excluding hydrogens is 366 g/mol. The number of halogens is 1. The van der Waals surface area contributed by atoms with E-state index in [4.69, 9.17) is 27.8 Å². The molecule has 1 aliphatic heterocycles. The Balaban J connectivity index is 1.56. The minimum absolute atomic E-state index is 0.0983. The van der Waals surface area contributed by atoms with Crippen molar-refractivity contribution in [3.63, 3.8) is 0 Å². The highest BCUT2D eigenvalue weighted by Gasteiger charge is 2.17. The zero-order chi connectivity index (χ0) is 19.4. The maximum Gasteiger partial charge on any atom is 0.223 e. The van der Waals surface area contributed by atoms with Crippen LogP contribution in [0.1, 0.15) is 6.42 Å². The summed E-state index contributed by atoms with van der Waals surface area (Å²) in [5.74, 6) is 1.41. The van der Waals surface area contributed by atoms with Gasteiger partial charge in [-0.15, -0.1) is 0 Å². The lowest BCUT2D eigenvalue weighted by molar-refractivity contribution is 0.415. The first-order chi connectivity index (χ1) is 13.0. The molecule has 0 radical (unpaired) electrons. The van der Waals surface area contributed by atoms with Gasteiger partial charge in [0.05, 0.1) is 7.11 Å². The van der Waals surface area contributed by atoms with Gasteiger partial charge in [-0.1, -0.05) is 11.6 Å². The van der Waals surface area contributed by atoms with E-state index in [1.165, 1.54) is 5.70 Å². The summed E-state index contributed by atoms with van der Waals surface area (Å²) < 4.78 is 5.21. The van der Waals surface area contributed by atoms with Crippen molar-refractivity contribution in [1.29, 1.82) is 0 Å². The largest absolute Gasteiger partial charge is 0.497 e. The van der Waals surface area contributed by atoms with Gasteiger partial charge in [-0.05, 0) is 24.3 Å². The molecular formula is C18H24ClN7O. The van der Waals surface area contributed by atoms with Crippen LogP contribution in [0.2, 0.25) is 5.15 Å². The minimum Gasteiger partial charge on any atom is -0.497 e. The monoisotopic (exact) mass is 389 g/mol. The van der Waals surface area contributed by atoms with Gasteiger partial charge in [0, 0.05) is 50.7 Å². The molecule has 8 nitrogen and oxygen atoms in total. The lowest BCUT2D eigenvalue weighted by Gasteiger charge is -2.20. The van der Waals surface area contributed by atoms with Crippen LogP contribution >= 0.6 is 11.6 Å². The van der Waals surface area contributed by atoms with E-state index in [1.807, 2.05) is 12.1 Å². The number of aromatic nitrogens is 2. The molecule has 9 heteroatoms. The van der Waals surface area contributed by atoms with Gasteiger partial charge in [0.25, 0.3) is 0 Å². The van der Waals surface area contributed by atoms with Gasteiger partial charge < -0.3 is 31.3 Å². The van der Waals surface area contributed by atoms with Crippen LogP contribution in [0.15, 0.2) is 36.2 Å². The van der Waals surface area contributed by atoms with Crippen molar-refractivity contribution < 1.29 is 4.74 Å². The van der Waals surface area contributed by atoms with E-state index < -0.39 is 0 Å². The Bertz CT molecular complexity index is 825. The maximum absolute atomic E-state index is 5.93. The van der Waals surface area contributed by atoms with E-state index in [-0.39, 0.29) is 11.1 Å². The fourth-order valence-corrected chi connectivity index (χ4v) is 3.09. The zero-order valence-electron chi connectivity index (χ0n) is 15.4. The van der Waals surface area contributed by atoms with Crippen LogP contribution in [0.3, 0.4) is 0 Å². The zero-order valence-corrected chi connectivity index (χ0v) is 16.2. The second-order valence-corrected chi connectivity index (χ2v) is 6.58. The topological polar surface area (TPSA) is 106 Å². The van der Waals surface area contributed by atoms with E-state index in [1.54, 1.807) is 7.11 Å². The third-order valence-electron chi connectivity index (χ3n) is 4.49. The van der Waals surface area contributed by atoms with Gasteiger partial charge in [0.15, 0.2) is 11.0 Å². The van der Waals surface area contributed by atoms with Gasteiger partial charge in [0.2, 0.25) is 5.95 Å². The Hall–Kier alpha value is -2.87. The van der Waals surface area contributed by atoms with Crippen molar-refractivity contribution in [3.05, 3.63) is 41.3 Å². The Morgan fingerprint density at radius 1 is 1.26 bits per heavy atom. The predicted octanol–water partition coefficient (Wildman–Crippen LogP) is 2.40. The normalized spacial score (nSPS) is 13.4. The first kappa shape index (κ1) is 18.9. The molecule has 0 saturated carbocycles. The number of methoxy groups -OCH3 is 1. The van der Waals surface area contributed by atoms with Gasteiger partial charge in [0.1, 0.15) is 11.4 Å². The predicted molar refractivity (Wildman–Crippen MR) is 110 cm³/mol. The Labute approximate surface area is 163 Å². The van der Waals surface area contributed by atoms with Crippen molar-refractivity contribution in [1.82, 2.24) is 14.9 Å². The van der Waals surface area contributed by atoms with E-state index in [2.05, 4.69) is 50.5 Å². The standard InChI is InChI=1S/C18H24ClN7O/c1-25(12-3-5-14(27-2)6-4-12)13-7-9-26(11-13)10-8-22-17-15(20)16(19)23-18(21)24-17/h3-6,11H,7-10,20H2,1-2H3,(H3,21,22,23,24). The van der Waals surface area contributed by atoms with Crippen LogP contribution < -0.4 is 26.4 Å². The van der Waals surface area contributed by atoms with Crippen LogP contribution in [-0.4, -0.2) is 48.7 Å². The SMILES string of the molecule is COc1ccc(N(C)C2=CN(CCNc3nc(N)nc(Cl)c3N)CC2)cc1. The molecule has 3 rings (SSSR count). The summed E-state index contributed by atoms with van der Waals surface area (Å²) in [6.07, 6.45) is 3.16. The minimum atomic E-state index is 0.0983. The number of hydrogen-bond acceptors (Lipinski definition) is 8. The average molecular weight is 390 g/mol. The smallest absolute Gasteiger partial charge is 0.223 e. The molecule has 0 fully saturated rings. The highest BCUT2D eigenvalue weighted by atomic mass is 35.5. The maximum atomic E-state index is 5.93. The third-order valence-corrected chi connectivity index (χ3v) is 4.77. The van der Waals surface area contributed by atoms with Crippen molar-refractivity contribution >= 4 is 34.7 Å². The molecule has 0 atom stereocenters. The molecule has 0 spiro atoms. The lowest BCUT2D eigenvalue weighted by Crippen LogP contribution is -2.23. The number of ether oxygens (including phenoxy) is 1. The van der Waals surface area contributed by atoms with Gasteiger partial charge in [-0.25, -0.2) is 0 Å². The third kappa shape index (κ3) is 4.46. The molecule has 2 heterocycles. The number of benzene rings is 1. The molecule has 2 aromatic rings. The highest BCUT2D eigenvalue weighted by molar-refractivity contribution is 6.32. The number of nitrogens with one attached hydrogen (secondary N) is 1. The second kappa shape index (κ2) is 8.22. The summed E-state index contributed by atoms with van der Waals surface area (Å²) in [4.78, 5) is 12.4. The van der Waals surface area contributed by atoms with Crippen LogP contribution in [0, 0.1) is 0 Å². The summed E-state index contributed by atoms with van der Waals surface area (Å²) in [5, 5.41) is 3.33. The molecule has 144 valence electrons. The molecule has 1 aromatic heterocycles. The van der Waals surface area contributed by atoms with Crippen LogP contribution in [0.5, 0.6) is 5.75 Å². The summed E-state index contributed by atoms with van der Waals surface area (Å²) in [6, 6.07) is 8.03. The summed E-state index contributed by atoms with van der Waals surface area (Å²) >= 11 is 5.93. The molecule has 0 saturated heterocycles. The van der Waals surface area contributed by atoms with E-state index in [9.17, 15) is 0 Å². The number of nitrogens with zero attached hydrogens (tertiary/aromatic N) is 4. The van der Waals surface area contributed by atoms with Crippen molar-refractivity contribution in [2.75, 3.05) is 55.5 Å². The molecule has 0 bridgehead atoms.